The van der Waals surface area contributed by atoms with Crippen molar-refractivity contribution in [2.45, 2.75) is 6.42 Å². The third-order valence-electron chi connectivity index (χ3n) is 1.35. The average Bonchev–Trinajstić information content (AvgIpc) is 1.91. The molecule has 0 aliphatic rings. The number of ether oxygens (including phenoxy) is 1. The molecule has 0 aliphatic carbocycles. The van der Waals surface area contributed by atoms with Crippen LogP contribution in [0.15, 0.2) is 0 Å². The van der Waals surface area contributed by atoms with E-state index < -0.39 is 0 Å². The second kappa shape index (κ2) is 6.01. The minimum Gasteiger partial charge on any atom is -0.677 e. The van der Waals surface area contributed by atoms with Crippen molar-refractivity contribution in [1.29, 1.82) is 0 Å². The van der Waals surface area contributed by atoms with E-state index in [1.54, 1.807) is 7.11 Å². The van der Waals surface area contributed by atoms with E-state index in [0.717, 1.165) is 13.0 Å². The van der Waals surface area contributed by atoms with E-state index in [0.29, 0.717) is 19.0 Å². The van der Waals surface area contributed by atoms with Crippen LogP contribution in [0.1, 0.15) is 6.42 Å². The van der Waals surface area contributed by atoms with Crippen molar-refractivity contribution in [3.63, 3.8) is 0 Å². The molecule has 0 radical (unpaired) electrons. The smallest absolute Gasteiger partial charge is 0.0464 e. The minimum atomic E-state index is 0.324. The maximum atomic E-state index is 7.00. The van der Waals surface area contributed by atoms with Crippen molar-refractivity contribution in [2.75, 3.05) is 26.8 Å². The molecule has 0 fully saturated rings. The molecule has 1 atom stereocenters. The largest absolute Gasteiger partial charge is 0.677 e. The standard InChI is InChI=1S/C6H15N2O/c1-9-3-2-6(4-7)5-8/h6-7H,2-5,8H2,1H3/q-1. The van der Waals surface area contributed by atoms with Gasteiger partial charge in [-0.05, 0) is 18.9 Å². The number of rotatable bonds is 5. The lowest BCUT2D eigenvalue weighted by molar-refractivity contribution is 0.181. The molecule has 0 spiro atoms. The van der Waals surface area contributed by atoms with E-state index in [4.69, 9.17) is 16.2 Å². The average molecular weight is 131 g/mol. The Hall–Kier alpha value is -0.120. The molecule has 0 aromatic carbocycles. The van der Waals surface area contributed by atoms with Crippen LogP contribution < -0.4 is 5.73 Å². The highest BCUT2D eigenvalue weighted by molar-refractivity contribution is 4.66. The van der Waals surface area contributed by atoms with E-state index in [1.807, 2.05) is 0 Å². The van der Waals surface area contributed by atoms with Crippen LogP contribution in [0.25, 0.3) is 5.73 Å². The quantitative estimate of drug-likeness (QED) is 0.595. The monoisotopic (exact) mass is 131 g/mol. The zero-order chi connectivity index (χ0) is 7.11. The van der Waals surface area contributed by atoms with Gasteiger partial charge in [0, 0.05) is 13.7 Å². The van der Waals surface area contributed by atoms with Gasteiger partial charge in [0.05, 0.1) is 0 Å². The van der Waals surface area contributed by atoms with Gasteiger partial charge in [-0.1, -0.05) is 0 Å². The number of nitrogens with one attached hydrogen (secondary N) is 1. The Bertz CT molecular complexity index is 55.0. The van der Waals surface area contributed by atoms with Gasteiger partial charge in [0.15, 0.2) is 0 Å². The fraction of sp³-hybridized carbons (Fsp3) is 1.00. The van der Waals surface area contributed by atoms with Crippen molar-refractivity contribution >= 4 is 0 Å². The van der Waals surface area contributed by atoms with Gasteiger partial charge >= 0.3 is 0 Å². The highest BCUT2D eigenvalue weighted by atomic mass is 16.5. The fourth-order valence-electron chi connectivity index (χ4n) is 0.588. The molecular formula is C6H15N2O-. The highest BCUT2D eigenvalue weighted by Crippen LogP contribution is 1.99. The molecule has 0 amide bonds. The molecule has 0 saturated carbocycles. The summed E-state index contributed by atoms with van der Waals surface area (Å²) >= 11 is 0. The van der Waals surface area contributed by atoms with Crippen molar-refractivity contribution in [3.05, 3.63) is 5.73 Å². The van der Waals surface area contributed by atoms with E-state index in [1.165, 1.54) is 0 Å². The Balaban J connectivity index is 3.09. The van der Waals surface area contributed by atoms with Crippen molar-refractivity contribution < 1.29 is 4.74 Å². The predicted octanol–water partition coefficient (Wildman–Crippen LogP) is 0.650. The Labute approximate surface area is 56.4 Å². The first-order valence-corrected chi connectivity index (χ1v) is 3.18. The number of nitrogens with two attached hydrogens (primary N) is 1. The summed E-state index contributed by atoms with van der Waals surface area (Å²) in [5, 5.41) is 0. The second-order valence-electron chi connectivity index (χ2n) is 2.09. The molecular weight excluding hydrogens is 116 g/mol. The van der Waals surface area contributed by atoms with Gasteiger partial charge in [-0.2, -0.15) is 0 Å². The van der Waals surface area contributed by atoms with Gasteiger partial charge in [0.25, 0.3) is 0 Å². The first-order valence-electron chi connectivity index (χ1n) is 3.18. The van der Waals surface area contributed by atoms with Crippen LogP contribution in [0.2, 0.25) is 0 Å². The third kappa shape index (κ3) is 4.39. The highest BCUT2D eigenvalue weighted by Gasteiger charge is 1.97. The zero-order valence-corrected chi connectivity index (χ0v) is 5.89. The van der Waals surface area contributed by atoms with Crippen LogP contribution in [0.5, 0.6) is 0 Å². The fourth-order valence-corrected chi connectivity index (χ4v) is 0.588. The van der Waals surface area contributed by atoms with Crippen LogP contribution in [0.3, 0.4) is 0 Å². The molecule has 0 aromatic rings. The minimum absolute atomic E-state index is 0.324. The lowest BCUT2D eigenvalue weighted by Crippen LogP contribution is -2.17. The van der Waals surface area contributed by atoms with Crippen LogP contribution in [-0.4, -0.2) is 26.8 Å². The predicted molar refractivity (Wildman–Crippen MR) is 38.2 cm³/mol. The zero-order valence-electron chi connectivity index (χ0n) is 5.89. The van der Waals surface area contributed by atoms with Gasteiger partial charge in [0.1, 0.15) is 0 Å². The van der Waals surface area contributed by atoms with Gasteiger partial charge in [-0.25, -0.2) is 0 Å². The molecule has 3 heteroatoms. The van der Waals surface area contributed by atoms with E-state index >= 15 is 0 Å². The van der Waals surface area contributed by atoms with Crippen molar-refractivity contribution in [2.24, 2.45) is 11.7 Å². The molecule has 0 heterocycles. The summed E-state index contributed by atoms with van der Waals surface area (Å²) in [5.74, 6) is 0.324. The summed E-state index contributed by atoms with van der Waals surface area (Å²) in [6.45, 7) is 1.74. The Morgan fingerprint density at radius 1 is 1.67 bits per heavy atom. The van der Waals surface area contributed by atoms with Crippen LogP contribution in [0, 0.1) is 5.92 Å². The van der Waals surface area contributed by atoms with E-state index in [-0.39, 0.29) is 0 Å². The van der Waals surface area contributed by atoms with Gasteiger partial charge in [0.2, 0.25) is 0 Å². The van der Waals surface area contributed by atoms with Gasteiger partial charge in [-0.3, -0.25) is 0 Å². The summed E-state index contributed by atoms with van der Waals surface area (Å²) < 4.78 is 4.84. The Morgan fingerprint density at radius 3 is 2.67 bits per heavy atom. The molecule has 0 rings (SSSR count). The summed E-state index contributed by atoms with van der Waals surface area (Å²) in [6, 6.07) is 0. The summed E-state index contributed by atoms with van der Waals surface area (Å²) in [4.78, 5) is 0. The lowest BCUT2D eigenvalue weighted by atomic mass is 10.1. The van der Waals surface area contributed by atoms with Crippen LogP contribution in [0.4, 0.5) is 0 Å². The first-order chi connectivity index (χ1) is 4.35. The summed E-state index contributed by atoms with van der Waals surface area (Å²) in [5.41, 5.74) is 12.4. The molecule has 1 unspecified atom stereocenters. The molecule has 9 heavy (non-hydrogen) atoms. The van der Waals surface area contributed by atoms with Gasteiger partial charge in [-0.15, -0.1) is 6.54 Å². The second-order valence-corrected chi connectivity index (χ2v) is 2.09. The lowest BCUT2D eigenvalue weighted by Gasteiger charge is -2.14. The van der Waals surface area contributed by atoms with Crippen molar-refractivity contribution in [1.82, 2.24) is 0 Å². The molecule has 0 saturated heterocycles. The number of methoxy groups -OCH3 is 1. The molecule has 3 N–H and O–H groups in total. The maximum Gasteiger partial charge on any atom is 0.0464 e. The number of hydrogen-bond acceptors (Lipinski definition) is 2. The molecule has 0 aliphatic heterocycles. The SMILES string of the molecule is COCCC(C[NH-])CN. The summed E-state index contributed by atoms with van der Waals surface area (Å²) in [6.07, 6.45) is 0.913. The molecule has 56 valence electrons. The van der Waals surface area contributed by atoms with Crippen molar-refractivity contribution in [3.8, 4) is 0 Å². The summed E-state index contributed by atoms with van der Waals surface area (Å²) in [7, 11) is 1.66. The van der Waals surface area contributed by atoms with Crippen LogP contribution in [-0.2, 0) is 4.74 Å². The Morgan fingerprint density at radius 2 is 2.33 bits per heavy atom. The van der Waals surface area contributed by atoms with E-state index in [2.05, 4.69) is 0 Å². The molecule has 0 aromatic heterocycles. The van der Waals surface area contributed by atoms with E-state index in [9.17, 15) is 0 Å². The molecule has 0 bridgehead atoms. The topological polar surface area (TPSA) is 59.0 Å². The normalized spacial score (nSPS) is 13.7. The van der Waals surface area contributed by atoms with Gasteiger partial charge < -0.3 is 16.2 Å². The maximum absolute atomic E-state index is 7.00. The third-order valence-corrected chi connectivity index (χ3v) is 1.35. The Kier molecular flexibility index (Phi) is 5.93. The first kappa shape index (κ1) is 8.88. The van der Waals surface area contributed by atoms with Crippen LogP contribution >= 0.6 is 0 Å². The molecule has 3 nitrogen and oxygen atoms in total. The number of hydrogen-bond donors (Lipinski definition) is 1.